The highest BCUT2D eigenvalue weighted by atomic mass is 16.3. The van der Waals surface area contributed by atoms with E-state index in [-0.39, 0.29) is 17.4 Å². The second-order valence-corrected chi connectivity index (χ2v) is 2.72. The molecule has 5 heteroatoms. The molecule has 0 amide bonds. The van der Waals surface area contributed by atoms with Gasteiger partial charge in [-0.05, 0) is 6.42 Å². The molecule has 1 heterocycles. The summed E-state index contributed by atoms with van der Waals surface area (Å²) >= 11 is 0. The molecule has 0 aliphatic heterocycles. The maximum atomic E-state index is 11.3. The summed E-state index contributed by atoms with van der Waals surface area (Å²) < 4.78 is 0. The van der Waals surface area contributed by atoms with Crippen LogP contribution in [0.15, 0.2) is 4.79 Å². The topological polar surface area (TPSA) is 78.0 Å². The van der Waals surface area contributed by atoms with Crippen LogP contribution in [0.1, 0.15) is 18.9 Å². The van der Waals surface area contributed by atoms with Crippen molar-refractivity contribution in [2.45, 2.75) is 19.8 Å². The lowest BCUT2D eigenvalue weighted by Gasteiger charge is -2.03. The van der Waals surface area contributed by atoms with Crippen LogP contribution in [-0.4, -0.2) is 22.1 Å². The molecule has 0 spiro atoms. The number of aromatic nitrogens is 2. The Hall–Kier alpha value is -1.52. The van der Waals surface area contributed by atoms with Gasteiger partial charge in [0, 0.05) is 7.05 Å². The van der Waals surface area contributed by atoms with Gasteiger partial charge >= 0.3 is 0 Å². The fourth-order valence-electron chi connectivity index (χ4n) is 1.08. The van der Waals surface area contributed by atoms with Crippen LogP contribution in [0.5, 0.6) is 5.88 Å². The third kappa shape index (κ3) is 1.99. The summed E-state index contributed by atoms with van der Waals surface area (Å²) in [5.74, 6) is 0.0947. The molecule has 0 radical (unpaired) electrons. The quantitative estimate of drug-likeness (QED) is 0.636. The highest BCUT2D eigenvalue weighted by Crippen LogP contribution is 2.11. The van der Waals surface area contributed by atoms with E-state index < -0.39 is 0 Å². The van der Waals surface area contributed by atoms with Gasteiger partial charge in [-0.25, -0.2) is 0 Å². The zero-order valence-electron chi connectivity index (χ0n) is 7.72. The Balaban J connectivity index is 3.15. The Morgan fingerprint density at radius 1 is 1.62 bits per heavy atom. The van der Waals surface area contributed by atoms with E-state index in [1.807, 2.05) is 6.92 Å². The van der Waals surface area contributed by atoms with Crippen LogP contribution in [0.25, 0.3) is 0 Å². The van der Waals surface area contributed by atoms with Gasteiger partial charge in [0.25, 0.3) is 5.56 Å². The minimum absolute atomic E-state index is 0.185. The highest BCUT2D eigenvalue weighted by molar-refractivity contribution is 5.31. The lowest BCUT2D eigenvalue weighted by molar-refractivity contribution is 0.443. The molecule has 0 fully saturated rings. The Morgan fingerprint density at radius 3 is 2.77 bits per heavy atom. The van der Waals surface area contributed by atoms with Crippen molar-refractivity contribution in [3.05, 3.63) is 15.9 Å². The van der Waals surface area contributed by atoms with Crippen LogP contribution in [0.2, 0.25) is 0 Å². The summed E-state index contributed by atoms with van der Waals surface area (Å²) in [6, 6.07) is 0. The fraction of sp³-hybridized carbons (Fsp3) is 0.500. The van der Waals surface area contributed by atoms with Crippen LogP contribution in [-0.2, 0) is 6.42 Å². The van der Waals surface area contributed by atoms with Gasteiger partial charge in [0.15, 0.2) is 0 Å². The Labute approximate surface area is 75.8 Å². The van der Waals surface area contributed by atoms with E-state index in [0.717, 1.165) is 6.42 Å². The SMILES string of the molecule is CCCc1c(O)nc(NC)[nH]c1=O. The molecule has 13 heavy (non-hydrogen) atoms. The minimum Gasteiger partial charge on any atom is -0.493 e. The number of H-pyrrole nitrogens is 1. The van der Waals surface area contributed by atoms with E-state index in [1.165, 1.54) is 0 Å². The first kappa shape index (κ1) is 9.57. The number of aromatic hydroxyl groups is 1. The normalized spacial score (nSPS) is 10.0. The predicted octanol–water partition coefficient (Wildman–Crippen LogP) is 0.470. The molecule has 0 aromatic carbocycles. The fourth-order valence-corrected chi connectivity index (χ4v) is 1.08. The van der Waals surface area contributed by atoms with Gasteiger partial charge in [-0.3, -0.25) is 9.78 Å². The van der Waals surface area contributed by atoms with E-state index in [9.17, 15) is 9.90 Å². The zero-order valence-corrected chi connectivity index (χ0v) is 7.72. The lowest BCUT2D eigenvalue weighted by Crippen LogP contribution is -2.16. The summed E-state index contributed by atoms with van der Waals surface area (Å²) in [5.41, 5.74) is 0.0696. The van der Waals surface area contributed by atoms with Gasteiger partial charge in [0.1, 0.15) is 0 Å². The average molecular weight is 183 g/mol. The molecule has 0 aliphatic rings. The largest absolute Gasteiger partial charge is 0.493 e. The lowest BCUT2D eigenvalue weighted by atomic mass is 10.2. The summed E-state index contributed by atoms with van der Waals surface area (Å²) in [6.45, 7) is 1.94. The Bertz CT molecular complexity index is 346. The maximum Gasteiger partial charge on any atom is 0.259 e. The molecule has 0 saturated carbocycles. The minimum atomic E-state index is -0.279. The summed E-state index contributed by atoms with van der Waals surface area (Å²) in [7, 11) is 1.62. The van der Waals surface area contributed by atoms with Gasteiger partial charge in [0.2, 0.25) is 11.8 Å². The molecule has 0 unspecified atom stereocenters. The third-order valence-corrected chi connectivity index (χ3v) is 1.73. The summed E-state index contributed by atoms with van der Waals surface area (Å²) in [4.78, 5) is 17.6. The van der Waals surface area contributed by atoms with Crippen LogP contribution < -0.4 is 10.9 Å². The molecule has 72 valence electrons. The predicted molar refractivity (Wildman–Crippen MR) is 50.1 cm³/mol. The van der Waals surface area contributed by atoms with Crippen LogP contribution in [0.3, 0.4) is 0 Å². The van der Waals surface area contributed by atoms with Crippen LogP contribution >= 0.6 is 0 Å². The first-order valence-electron chi connectivity index (χ1n) is 4.19. The molecule has 1 rings (SSSR count). The van der Waals surface area contributed by atoms with Crippen molar-refractivity contribution >= 4 is 5.95 Å². The third-order valence-electron chi connectivity index (χ3n) is 1.73. The summed E-state index contributed by atoms with van der Waals surface area (Å²) in [5, 5.41) is 12.0. The zero-order chi connectivity index (χ0) is 9.84. The number of rotatable bonds is 3. The first-order valence-corrected chi connectivity index (χ1v) is 4.19. The summed E-state index contributed by atoms with van der Waals surface area (Å²) in [6.07, 6.45) is 1.34. The molecule has 5 nitrogen and oxygen atoms in total. The molecule has 1 aromatic heterocycles. The van der Waals surface area contributed by atoms with Gasteiger partial charge in [-0.1, -0.05) is 13.3 Å². The van der Waals surface area contributed by atoms with Crippen LogP contribution in [0, 0.1) is 0 Å². The van der Waals surface area contributed by atoms with Gasteiger partial charge in [-0.2, -0.15) is 4.98 Å². The molecular formula is C8H13N3O2. The number of aromatic amines is 1. The molecule has 1 aromatic rings. The van der Waals surface area contributed by atoms with Crippen molar-refractivity contribution in [3.63, 3.8) is 0 Å². The van der Waals surface area contributed by atoms with Gasteiger partial charge < -0.3 is 10.4 Å². The second kappa shape index (κ2) is 3.93. The van der Waals surface area contributed by atoms with Crippen molar-refractivity contribution in [2.75, 3.05) is 12.4 Å². The van der Waals surface area contributed by atoms with Crippen molar-refractivity contribution in [2.24, 2.45) is 0 Å². The Morgan fingerprint density at radius 2 is 2.31 bits per heavy atom. The number of hydrogen-bond donors (Lipinski definition) is 3. The average Bonchev–Trinajstić information content (AvgIpc) is 2.11. The van der Waals surface area contributed by atoms with E-state index in [0.29, 0.717) is 12.0 Å². The number of anilines is 1. The highest BCUT2D eigenvalue weighted by Gasteiger charge is 2.08. The van der Waals surface area contributed by atoms with E-state index in [2.05, 4.69) is 15.3 Å². The van der Waals surface area contributed by atoms with E-state index >= 15 is 0 Å². The number of nitrogens with one attached hydrogen (secondary N) is 2. The molecule has 0 saturated heterocycles. The molecule has 0 atom stereocenters. The van der Waals surface area contributed by atoms with Crippen molar-refractivity contribution in [1.29, 1.82) is 0 Å². The molecule has 0 aliphatic carbocycles. The molecule has 0 bridgehead atoms. The van der Waals surface area contributed by atoms with E-state index in [4.69, 9.17) is 0 Å². The Kier molecular flexibility index (Phi) is 2.89. The molecule has 3 N–H and O–H groups in total. The monoisotopic (exact) mass is 183 g/mol. The standard InChI is InChI=1S/C8H13N3O2/c1-3-4-5-6(12)10-8(9-2)11-7(5)13/h3-4H2,1-2H3,(H3,9,10,11,12,13). The van der Waals surface area contributed by atoms with Crippen molar-refractivity contribution in [1.82, 2.24) is 9.97 Å². The number of hydrogen-bond acceptors (Lipinski definition) is 4. The maximum absolute atomic E-state index is 11.3. The van der Waals surface area contributed by atoms with Crippen LogP contribution in [0.4, 0.5) is 5.95 Å². The van der Waals surface area contributed by atoms with Crippen molar-refractivity contribution in [3.8, 4) is 5.88 Å². The number of nitrogens with zero attached hydrogens (tertiary/aromatic N) is 1. The second-order valence-electron chi connectivity index (χ2n) is 2.72. The van der Waals surface area contributed by atoms with Gasteiger partial charge in [-0.15, -0.1) is 0 Å². The smallest absolute Gasteiger partial charge is 0.259 e. The molecular weight excluding hydrogens is 170 g/mol. The van der Waals surface area contributed by atoms with Crippen molar-refractivity contribution < 1.29 is 5.11 Å². The van der Waals surface area contributed by atoms with E-state index in [1.54, 1.807) is 7.05 Å². The first-order chi connectivity index (χ1) is 6.19. The van der Waals surface area contributed by atoms with Gasteiger partial charge in [0.05, 0.1) is 5.56 Å².